The fraction of sp³-hybridized carbons (Fsp3) is 0.333. The maximum Gasteiger partial charge on any atom is 0.126 e. The Morgan fingerprint density at radius 2 is 2.17 bits per heavy atom. The SMILES string of the molecule is Brc1ccc2c(c1)OCCOC2. The first-order valence-electron chi connectivity index (χ1n) is 3.85. The molecule has 0 bridgehead atoms. The van der Waals surface area contributed by atoms with Crippen molar-refractivity contribution in [3.8, 4) is 5.75 Å². The van der Waals surface area contributed by atoms with E-state index in [1.807, 2.05) is 18.2 Å². The molecule has 2 nitrogen and oxygen atoms in total. The Bertz CT molecular complexity index is 286. The summed E-state index contributed by atoms with van der Waals surface area (Å²) in [5, 5.41) is 0. The van der Waals surface area contributed by atoms with Crippen molar-refractivity contribution >= 4 is 15.9 Å². The molecule has 1 aromatic rings. The minimum atomic E-state index is 0.642. The van der Waals surface area contributed by atoms with E-state index in [1.54, 1.807) is 0 Å². The number of ether oxygens (including phenoxy) is 2. The average molecular weight is 229 g/mol. The van der Waals surface area contributed by atoms with E-state index < -0.39 is 0 Å². The third kappa shape index (κ3) is 1.62. The molecule has 1 aromatic carbocycles. The summed E-state index contributed by atoms with van der Waals surface area (Å²) in [5.41, 5.74) is 1.12. The summed E-state index contributed by atoms with van der Waals surface area (Å²) in [6.07, 6.45) is 0. The Balaban J connectivity index is 2.36. The van der Waals surface area contributed by atoms with Crippen molar-refractivity contribution in [3.05, 3.63) is 28.2 Å². The number of hydrogen-bond donors (Lipinski definition) is 0. The molecule has 0 spiro atoms. The van der Waals surface area contributed by atoms with E-state index in [9.17, 15) is 0 Å². The van der Waals surface area contributed by atoms with Crippen molar-refractivity contribution < 1.29 is 9.47 Å². The normalized spacial score (nSPS) is 16.1. The van der Waals surface area contributed by atoms with E-state index in [0.29, 0.717) is 19.8 Å². The second-order valence-electron chi connectivity index (χ2n) is 2.65. The van der Waals surface area contributed by atoms with Gasteiger partial charge in [-0.25, -0.2) is 0 Å². The maximum absolute atomic E-state index is 5.47. The van der Waals surface area contributed by atoms with Gasteiger partial charge in [-0.2, -0.15) is 0 Å². The first-order valence-corrected chi connectivity index (χ1v) is 4.64. The summed E-state index contributed by atoms with van der Waals surface area (Å²) in [7, 11) is 0. The zero-order valence-electron chi connectivity index (χ0n) is 6.55. The van der Waals surface area contributed by atoms with Gasteiger partial charge in [0.1, 0.15) is 12.4 Å². The van der Waals surface area contributed by atoms with Crippen molar-refractivity contribution in [1.82, 2.24) is 0 Å². The molecule has 0 N–H and O–H groups in total. The molecule has 0 aromatic heterocycles. The van der Waals surface area contributed by atoms with Crippen molar-refractivity contribution in [2.75, 3.05) is 13.2 Å². The molecule has 3 heteroatoms. The Kier molecular flexibility index (Phi) is 2.33. The second kappa shape index (κ2) is 3.46. The van der Waals surface area contributed by atoms with E-state index in [2.05, 4.69) is 15.9 Å². The number of rotatable bonds is 0. The van der Waals surface area contributed by atoms with Gasteiger partial charge < -0.3 is 9.47 Å². The first kappa shape index (κ1) is 8.08. The van der Waals surface area contributed by atoms with Gasteiger partial charge in [0.25, 0.3) is 0 Å². The summed E-state index contributed by atoms with van der Waals surface area (Å²) < 4.78 is 11.8. The molecule has 1 aliphatic rings. The molecule has 0 amide bonds. The van der Waals surface area contributed by atoms with Crippen molar-refractivity contribution in [1.29, 1.82) is 0 Å². The Labute approximate surface area is 79.6 Å². The summed E-state index contributed by atoms with van der Waals surface area (Å²) in [6.45, 7) is 1.97. The number of benzene rings is 1. The Morgan fingerprint density at radius 3 is 3.08 bits per heavy atom. The maximum atomic E-state index is 5.47. The van der Waals surface area contributed by atoms with Gasteiger partial charge in [-0.05, 0) is 12.1 Å². The molecule has 0 aliphatic carbocycles. The van der Waals surface area contributed by atoms with E-state index in [-0.39, 0.29) is 0 Å². The zero-order chi connectivity index (χ0) is 8.39. The van der Waals surface area contributed by atoms with Gasteiger partial charge in [0.05, 0.1) is 13.2 Å². The highest BCUT2D eigenvalue weighted by molar-refractivity contribution is 9.10. The minimum absolute atomic E-state index is 0.642. The lowest BCUT2D eigenvalue weighted by Gasteiger charge is -2.05. The highest BCUT2D eigenvalue weighted by Crippen LogP contribution is 2.25. The fourth-order valence-electron chi connectivity index (χ4n) is 1.17. The van der Waals surface area contributed by atoms with Gasteiger partial charge in [-0.1, -0.05) is 22.0 Å². The smallest absolute Gasteiger partial charge is 0.126 e. The van der Waals surface area contributed by atoms with Gasteiger partial charge in [-0.15, -0.1) is 0 Å². The van der Waals surface area contributed by atoms with Crippen molar-refractivity contribution in [2.24, 2.45) is 0 Å². The van der Waals surface area contributed by atoms with Crippen LogP contribution in [0.2, 0.25) is 0 Å². The fourth-order valence-corrected chi connectivity index (χ4v) is 1.51. The van der Waals surface area contributed by atoms with Crippen LogP contribution in [-0.2, 0) is 11.3 Å². The molecule has 0 saturated heterocycles. The molecule has 1 heterocycles. The quantitative estimate of drug-likeness (QED) is 0.679. The molecule has 64 valence electrons. The molecular weight excluding hydrogens is 220 g/mol. The van der Waals surface area contributed by atoms with E-state index in [4.69, 9.17) is 9.47 Å². The average Bonchev–Trinajstić information content (AvgIpc) is 2.28. The standard InChI is InChI=1S/C9H9BrO2/c10-8-2-1-7-6-11-3-4-12-9(7)5-8/h1-2,5H,3-4,6H2. The van der Waals surface area contributed by atoms with Crippen LogP contribution in [-0.4, -0.2) is 13.2 Å². The van der Waals surface area contributed by atoms with Gasteiger partial charge in [0.2, 0.25) is 0 Å². The van der Waals surface area contributed by atoms with Crippen LogP contribution in [0.5, 0.6) is 5.75 Å². The predicted molar refractivity (Wildman–Crippen MR) is 49.3 cm³/mol. The number of halogens is 1. The number of fused-ring (bicyclic) bond motifs is 1. The highest BCUT2D eigenvalue weighted by Gasteiger charge is 2.08. The van der Waals surface area contributed by atoms with Crippen molar-refractivity contribution in [3.63, 3.8) is 0 Å². The summed E-state index contributed by atoms with van der Waals surface area (Å²) in [6, 6.07) is 5.99. The van der Waals surface area contributed by atoms with Crippen molar-refractivity contribution in [2.45, 2.75) is 6.61 Å². The van der Waals surface area contributed by atoms with E-state index >= 15 is 0 Å². The van der Waals surface area contributed by atoms with Gasteiger partial charge in [-0.3, -0.25) is 0 Å². The van der Waals surface area contributed by atoms with Crippen LogP contribution < -0.4 is 4.74 Å². The summed E-state index contributed by atoms with van der Waals surface area (Å²) >= 11 is 3.40. The summed E-state index contributed by atoms with van der Waals surface area (Å²) in [4.78, 5) is 0. The molecular formula is C9H9BrO2. The largest absolute Gasteiger partial charge is 0.491 e. The molecule has 12 heavy (non-hydrogen) atoms. The van der Waals surface area contributed by atoms with Crippen LogP contribution in [0.25, 0.3) is 0 Å². The van der Waals surface area contributed by atoms with Crippen LogP contribution >= 0.6 is 15.9 Å². The molecule has 0 unspecified atom stereocenters. The molecule has 1 aliphatic heterocycles. The molecule has 2 rings (SSSR count). The van der Waals surface area contributed by atoms with Crippen LogP contribution in [0.3, 0.4) is 0 Å². The first-order chi connectivity index (χ1) is 5.86. The highest BCUT2D eigenvalue weighted by atomic mass is 79.9. The number of hydrogen-bond acceptors (Lipinski definition) is 2. The predicted octanol–water partition coefficient (Wildman–Crippen LogP) is 2.36. The molecule has 0 atom stereocenters. The third-order valence-electron chi connectivity index (χ3n) is 1.77. The molecule has 0 radical (unpaired) electrons. The monoisotopic (exact) mass is 228 g/mol. The van der Waals surface area contributed by atoms with Gasteiger partial charge in [0.15, 0.2) is 0 Å². The minimum Gasteiger partial charge on any atom is -0.491 e. The lowest BCUT2D eigenvalue weighted by Crippen LogP contribution is -2.00. The lowest BCUT2D eigenvalue weighted by molar-refractivity contribution is 0.107. The summed E-state index contributed by atoms with van der Waals surface area (Å²) in [5.74, 6) is 0.932. The van der Waals surface area contributed by atoms with Crippen LogP contribution in [0.1, 0.15) is 5.56 Å². The van der Waals surface area contributed by atoms with E-state index in [0.717, 1.165) is 15.8 Å². The third-order valence-corrected chi connectivity index (χ3v) is 2.27. The van der Waals surface area contributed by atoms with Crippen LogP contribution in [0, 0.1) is 0 Å². The topological polar surface area (TPSA) is 18.5 Å². The molecule has 0 saturated carbocycles. The van der Waals surface area contributed by atoms with Gasteiger partial charge >= 0.3 is 0 Å². The molecule has 0 fully saturated rings. The zero-order valence-corrected chi connectivity index (χ0v) is 8.13. The van der Waals surface area contributed by atoms with Gasteiger partial charge in [0, 0.05) is 10.0 Å². The van der Waals surface area contributed by atoms with Crippen LogP contribution in [0.4, 0.5) is 0 Å². The van der Waals surface area contributed by atoms with Crippen LogP contribution in [0.15, 0.2) is 22.7 Å². The second-order valence-corrected chi connectivity index (χ2v) is 3.57. The van der Waals surface area contributed by atoms with E-state index in [1.165, 1.54) is 0 Å². The lowest BCUT2D eigenvalue weighted by atomic mass is 10.2. The Hall–Kier alpha value is -0.540. The Morgan fingerprint density at radius 1 is 1.25 bits per heavy atom.